The number of nitrogens with one attached hydrogen (secondary N) is 2. The maximum Gasteiger partial charge on any atom is 0.337 e. The van der Waals surface area contributed by atoms with E-state index in [0.717, 1.165) is 12.8 Å². The van der Waals surface area contributed by atoms with Gasteiger partial charge in [0.1, 0.15) is 0 Å². The summed E-state index contributed by atoms with van der Waals surface area (Å²) in [5, 5.41) is 5.67. The molecule has 2 amide bonds. The lowest BCUT2D eigenvalue weighted by molar-refractivity contribution is -0.116. The molecule has 0 aliphatic rings. The molecule has 0 aromatic heterocycles. The van der Waals surface area contributed by atoms with Crippen molar-refractivity contribution in [2.75, 3.05) is 17.7 Å². The highest BCUT2D eigenvalue weighted by Crippen LogP contribution is 2.16. The molecule has 178 valence electrons. The molecule has 0 radical (unpaired) electrons. The lowest BCUT2D eigenvalue weighted by atomic mass is 10.1. The fraction of sp³-hybridized carbons (Fsp3) is 0.444. The zero-order chi connectivity index (χ0) is 23.9. The second-order valence-electron chi connectivity index (χ2n) is 8.23. The molecule has 0 aliphatic carbocycles. The normalized spacial score (nSPS) is 10.5. The largest absolute Gasteiger partial charge is 0.465 e. The van der Waals surface area contributed by atoms with Crippen LogP contribution in [0.3, 0.4) is 0 Å². The highest BCUT2D eigenvalue weighted by atomic mass is 16.5. The number of hydrogen-bond acceptors (Lipinski definition) is 4. The Balaban J connectivity index is 1.74. The monoisotopic (exact) mass is 452 g/mol. The van der Waals surface area contributed by atoms with Crippen molar-refractivity contribution in [2.24, 2.45) is 0 Å². The number of carbonyl (C=O) groups is 3. The summed E-state index contributed by atoms with van der Waals surface area (Å²) in [6.45, 7) is 2.23. The SMILES string of the molecule is CCCCCCCCCCCC(=O)Nc1cccc(C(=O)Nc2ccc(C(=O)OC)cc2)c1. The number of carbonyl (C=O) groups excluding carboxylic acids is 3. The quantitative estimate of drug-likeness (QED) is 0.250. The highest BCUT2D eigenvalue weighted by molar-refractivity contribution is 6.05. The van der Waals surface area contributed by atoms with Crippen LogP contribution in [0.15, 0.2) is 48.5 Å². The summed E-state index contributed by atoms with van der Waals surface area (Å²) in [5.41, 5.74) is 2.01. The number of benzene rings is 2. The number of anilines is 2. The molecule has 0 saturated carbocycles. The van der Waals surface area contributed by atoms with Crippen molar-refractivity contribution in [3.8, 4) is 0 Å². The first-order valence-electron chi connectivity index (χ1n) is 11.9. The van der Waals surface area contributed by atoms with E-state index in [1.807, 2.05) is 0 Å². The third kappa shape index (κ3) is 9.89. The molecular formula is C27H36N2O4. The number of amides is 2. The molecule has 2 N–H and O–H groups in total. The first kappa shape index (κ1) is 26.1. The molecule has 2 aromatic carbocycles. The van der Waals surface area contributed by atoms with Crippen molar-refractivity contribution in [3.05, 3.63) is 59.7 Å². The highest BCUT2D eigenvalue weighted by Gasteiger charge is 2.10. The van der Waals surface area contributed by atoms with Gasteiger partial charge in [-0.2, -0.15) is 0 Å². The van der Waals surface area contributed by atoms with E-state index in [4.69, 9.17) is 0 Å². The Morgan fingerprint density at radius 1 is 0.727 bits per heavy atom. The Morgan fingerprint density at radius 2 is 1.36 bits per heavy atom. The van der Waals surface area contributed by atoms with Gasteiger partial charge < -0.3 is 15.4 Å². The van der Waals surface area contributed by atoms with Crippen molar-refractivity contribution >= 4 is 29.2 Å². The molecule has 2 aromatic rings. The number of rotatable bonds is 14. The van der Waals surface area contributed by atoms with Gasteiger partial charge >= 0.3 is 5.97 Å². The van der Waals surface area contributed by atoms with Crippen molar-refractivity contribution in [1.82, 2.24) is 0 Å². The average Bonchev–Trinajstić information content (AvgIpc) is 2.83. The zero-order valence-electron chi connectivity index (χ0n) is 19.8. The maximum atomic E-state index is 12.6. The van der Waals surface area contributed by atoms with Gasteiger partial charge in [0, 0.05) is 23.4 Å². The summed E-state index contributed by atoms with van der Waals surface area (Å²) in [6, 6.07) is 13.3. The van der Waals surface area contributed by atoms with Gasteiger partial charge in [-0.25, -0.2) is 4.79 Å². The fourth-order valence-corrected chi connectivity index (χ4v) is 3.57. The molecule has 6 heteroatoms. The molecule has 0 unspecified atom stereocenters. The van der Waals surface area contributed by atoms with E-state index in [1.165, 1.54) is 52.1 Å². The molecule has 0 fully saturated rings. The molecule has 0 aliphatic heterocycles. The maximum absolute atomic E-state index is 12.6. The zero-order valence-corrected chi connectivity index (χ0v) is 19.8. The van der Waals surface area contributed by atoms with Crippen molar-refractivity contribution in [2.45, 2.75) is 71.1 Å². The first-order valence-corrected chi connectivity index (χ1v) is 11.9. The summed E-state index contributed by atoms with van der Waals surface area (Å²) in [6.07, 6.45) is 11.4. The average molecular weight is 453 g/mol. The van der Waals surface area contributed by atoms with Crippen LogP contribution in [-0.2, 0) is 9.53 Å². The van der Waals surface area contributed by atoms with Gasteiger partial charge in [-0.05, 0) is 48.9 Å². The summed E-state index contributed by atoms with van der Waals surface area (Å²) >= 11 is 0. The lowest BCUT2D eigenvalue weighted by Crippen LogP contribution is -2.14. The Labute approximate surface area is 197 Å². The predicted molar refractivity (Wildman–Crippen MR) is 133 cm³/mol. The van der Waals surface area contributed by atoms with Gasteiger partial charge in [-0.3, -0.25) is 9.59 Å². The van der Waals surface area contributed by atoms with Gasteiger partial charge in [0.15, 0.2) is 0 Å². The van der Waals surface area contributed by atoms with Gasteiger partial charge in [-0.15, -0.1) is 0 Å². The van der Waals surface area contributed by atoms with Crippen LogP contribution in [0.25, 0.3) is 0 Å². The van der Waals surface area contributed by atoms with Gasteiger partial charge in [0.25, 0.3) is 5.91 Å². The molecular weight excluding hydrogens is 416 g/mol. The van der Waals surface area contributed by atoms with Crippen LogP contribution in [0.2, 0.25) is 0 Å². The summed E-state index contributed by atoms with van der Waals surface area (Å²) in [4.78, 5) is 36.3. The van der Waals surface area contributed by atoms with Gasteiger partial charge in [0.05, 0.1) is 12.7 Å². The molecule has 2 rings (SSSR count). The summed E-state index contributed by atoms with van der Waals surface area (Å²) in [5.74, 6) is -0.761. The number of ether oxygens (including phenoxy) is 1. The third-order valence-electron chi connectivity index (χ3n) is 5.48. The van der Waals surface area contributed by atoms with Gasteiger partial charge in [0.2, 0.25) is 5.91 Å². The van der Waals surface area contributed by atoms with Crippen LogP contribution in [-0.4, -0.2) is 24.9 Å². The van der Waals surface area contributed by atoms with E-state index < -0.39 is 5.97 Å². The second kappa shape index (κ2) is 14.8. The molecule has 0 heterocycles. The topological polar surface area (TPSA) is 84.5 Å². The predicted octanol–water partition coefficient (Wildman–Crippen LogP) is 6.58. The number of unbranched alkanes of at least 4 members (excludes halogenated alkanes) is 8. The summed E-state index contributed by atoms with van der Waals surface area (Å²) < 4.78 is 4.67. The van der Waals surface area contributed by atoms with Crippen molar-refractivity contribution in [1.29, 1.82) is 0 Å². The smallest absolute Gasteiger partial charge is 0.337 e. The van der Waals surface area contributed by atoms with E-state index in [1.54, 1.807) is 48.5 Å². The Morgan fingerprint density at radius 3 is 2.00 bits per heavy atom. The minimum absolute atomic E-state index is 0.0334. The summed E-state index contributed by atoms with van der Waals surface area (Å²) in [7, 11) is 1.32. The Bertz CT molecular complexity index is 893. The second-order valence-corrected chi connectivity index (χ2v) is 8.23. The van der Waals surface area contributed by atoms with Crippen LogP contribution in [0, 0.1) is 0 Å². The number of hydrogen-bond donors (Lipinski definition) is 2. The molecule has 0 atom stereocenters. The van der Waals surface area contributed by atoms with Crippen LogP contribution in [0.1, 0.15) is 91.8 Å². The van der Waals surface area contributed by atoms with E-state index in [9.17, 15) is 14.4 Å². The van der Waals surface area contributed by atoms with Crippen LogP contribution in [0.4, 0.5) is 11.4 Å². The Kier molecular flexibility index (Phi) is 11.7. The lowest BCUT2D eigenvalue weighted by Gasteiger charge is -2.09. The van der Waals surface area contributed by atoms with E-state index >= 15 is 0 Å². The fourth-order valence-electron chi connectivity index (χ4n) is 3.57. The number of methoxy groups -OCH3 is 1. The standard InChI is InChI=1S/C27H36N2O4/c1-3-4-5-6-7-8-9-10-11-15-25(30)28-24-14-12-13-22(20-24)26(31)29-23-18-16-21(17-19-23)27(32)33-2/h12-14,16-20H,3-11,15H2,1-2H3,(H,28,30)(H,29,31). The molecule has 6 nitrogen and oxygen atoms in total. The van der Waals surface area contributed by atoms with E-state index in [0.29, 0.717) is 28.9 Å². The molecule has 0 saturated heterocycles. The first-order chi connectivity index (χ1) is 16.0. The molecule has 0 spiro atoms. The van der Waals surface area contributed by atoms with Crippen molar-refractivity contribution < 1.29 is 19.1 Å². The minimum Gasteiger partial charge on any atom is -0.465 e. The minimum atomic E-state index is -0.432. The van der Waals surface area contributed by atoms with Gasteiger partial charge in [-0.1, -0.05) is 64.4 Å². The van der Waals surface area contributed by atoms with Crippen molar-refractivity contribution in [3.63, 3.8) is 0 Å². The third-order valence-corrected chi connectivity index (χ3v) is 5.48. The van der Waals surface area contributed by atoms with E-state index in [-0.39, 0.29) is 11.8 Å². The van der Waals surface area contributed by atoms with Crippen LogP contribution < -0.4 is 10.6 Å². The Hall–Kier alpha value is -3.15. The molecule has 33 heavy (non-hydrogen) atoms. The molecule has 0 bridgehead atoms. The van der Waals surface area contributed by atoms with Crippen LogP contribution in [0.5, 0.6) is 0 Å². The van der Waals surface area contributed by atoms with Crippen LogP contribution >= 0.6 is 0 Å². The van der Waals surface area contributed by atoms with E-state index in [2.05, 4.69) is 22.3 Å². The number of esters is 1.